The number of benzene rings is 1. The number of amides is 1. The number of H-pyrrole nitrogens is 1. The molecule has 29 heavy (non-hydrogen) atoms. The number of ether oxygens (including phenoxy) is 1. The first-order valence-corrected chi connectivity index (χ1v) is 10.1. The summed E-state index contributed by atoms with van der Waals surface area (Å²) in [5.74, 6) is -0.186. The van der Waals surface area contributed by atoms with Crippen LogP contribution in [-0.4, -0.2) is 71.2 Å². The van der Waals surface area contributed by atoms with Crippen molar-refractivity contribution in [3.05, 3.63) is 36.8 Å². The fourth-order valence-electron chi connectivity index (χ4n) is 3.92. The Hall–Kier alpha value is -2.07. The predicted octanol–water partition coefficient (Wildman–Crippen LogP) is 1.10. The van der Waals surface area contributed by atoms with Gasteiger partial charge in [0.2, 0.25) is 5.91 Å². The van der Waals surface area contributed by atoms with Crippen molar-refractivity contribution in [2.45, 2.75) is 13.1 Å². The molecule has 0 aliphatic carbocycles. The molecule has 0 bridgehead atoms. The third-order valence-electron chi connectivity index (χ3n) is 5.38. The first-order chi connectivity index (χ1) is 13.9. The van der Waals surface area contributed by atoms with Crippen LogP contribution in [0.2, 0.25) is 10.0 Å². The van der Waals surface area contributed by atoms with Crippen LogP contribution in [0.15, 0.2) is 15.7 Å². The lowest BCUT2D eigenvalue weighted by molar-refractivity contribution is -0.133. The monoisotopic (exact) mass is 441 g/mol. The van der Waals surface area contributed by atoms with E-state index in [0.29, 0.717) is 43.0 Å². The smallest absolute Gasteiger partial charge is 0.318 e. The SMILES string of the molecule is CC(=O)N(CCN1CCOCC1)C1CNc2c(Cl)c(Cl)cc3[nH]c(=O)c(=O)n1c23. The Bertz CT molecular complexity index is 1080. The van der Waals surface area contributed by atoms with Crippen LogP contribution in [0.1, 0.15) is 13.1 Å². The summed E-state index contributed by atoms with van der Waals surface area (Å²) in [6.07, 6.45) is -0.657. The van der Waals surface area contributed by atoms with Crippen molar-refractivity contribution in [2.75, 3.05) is 51.3 Å². The van der Waals surface area contributed by atoms with Gasteiger partial charge in [-0.25, -0.2) is 0 Å². The third-order valence-corrected chi connectivity index (χ3v) is 6.17. The van der Waals surface area contributed by atoms with Gasteiger partial charge in [0.1, 0.15) is 6.17 Å². The Labute approximate surface area is 176 Å². The van der Waals surface area contributed by atoms with Gasteiger partial charge in [0.15, 0.2) is 0 Å². The molecule has 1 aromatic carbocycles. The van der Waals surface area contributed by atoms with E-state index >= 15 is 0 Å². The molecule has 2 aliphatic rings. The zero-order valence-electron chi connectivity index (χ0n) is 15.8. The van der Waals surface area contributed by atoms with Crippen molar-refractivity contribution in [3.63, 3.8) is 0 Å². The van der Waals surface area contributed by atoms with Gasteiger partial charge in [-0.15, -0.1) is 0 Å². The lowest BCUT2D eigenvalue weighted by Crippen LogP contribution is -2.51. The number of aromatic nitrogens is 2. The molecule has 1 fully saturated rings. The molecule has 0 spiro atoms. The number of morpholine rings is 1. The quantitative estimate of drug-likeness (QED) is 0.689. The van der Waals surface area contributed by atoms with E-state index in [4.69, 9.17) is 27.9 Å². The normalized spacial score (nSPS) is 19.2. The van der Waals surface area contributed by atoms with Gasteiger partial charge in [0.25, 0.3) is 0 Å². The highest BCUT2D eigenvalue weighted by Crippen LogP contribution is 2.39. The highest BCUT2D eigenvalue weighted by molar-refractivity contribution is 6.45. The molecular weight excluding hydrogens is 421 g/mol. The van der Waals surface area contributed by atoms with E-state index in [1.165, 1.54) is 17.6 Å². The lowest BCUT2D eigenvalue weighted by atomic mass is 10.1. The molecule has 9 nitrogen and oxygen atoms in total. The molecule has 11 heteroatoms. The standard InChI is InChI=1S/C18H21Cl2N5O4/c1-10(26)24(3-2-23-4-6-29-7-5-23)13-9-21-15-14(20)11(19)8-12-16(15)25(13)18(28)17(27)22-12/h8,13,21H,2-7,9H2,1H3,(H,22,27). The van der Waals surface area contributed by atoms with Gasteiger partial charge in [-0.2, -0.15) is 0 Å². The van der Waals surface area contributed by atoms with Crippen LogP contribution in [0.3, 0.4) is 0 Å². The summed E-state index contributed by atoms with van der Waals surface area (Å²) in [5, 5.41) is 3.71. The second-order valence-electron chi connectivity index (χ2n) is 7.10. The van der Waals surface area contributed by atoms with Crippen LogP contribution in [-0.2, 0) is 9.53 Å². The zero-order valence-corrected chi connectivity index (χ0v) is 17.3. The molecule has 1 amide bonds. The maximum Gasteiger partial charge on any atom is 0.318 e. The van der Waals surface area contributed by atoms with Crippen LogP contribution in [0.4, 0.5) is 5.69 Å². The van der Waals surface area contributed by atoms with Crippen LogP contribution in [0, 0.1) is 0 Å². The van der Waals surface area contributed by atoms with E-state index in [0.717, 1.165) is 13.1 Å². The largest absolute Gasteiger partial charge is 0.379 e. The summed E-state index contributed by atoms with van der Waals surface area (Å²) in [7, 11) is 0. The fraction of sp³-hybridized carbons (Fsp3) is 0.500. The number of rotatable bonds is 4. The van der Waals surface area contributed by atoms with Crippen molar-refractivity contribution in [1.29, 1.82) is 0 Å². The minimum Gasteiger partial charge on any atom is -0.379 e. The molecule has 1 atom stereocenters. The summed E-state index contributed by atoms with van der Waals surface area (Å²) in [6.45, 7) is 5.65. The molecule has 4 rings (SSSR count). The van der Waals surface area contributed by atoms with Gasteiger partial charge in [-0.1, -0.05) is 23.2 Å². The minimum atomic E-state index is -0.773. The van der Waals surface area contributed by atoms with Crippen molar-refractivity contribution >= 4 is 45.8 Å². The number of anilines is 1. The predicted molar refractivity (Wildman–Crippen MR) is 111 cm³/mol. The van der Waals surface area contributed by atoms with Crippen LogP contribution in [0.5, 0.6) is 0 Å². The number of hydrogen-bond acceptors (Lipinski definition) is 6. The van der Waals surface area contributed by atoms with Gasteiger partial charge in [0.05, 0.1) is 46.5 Å². The first-order valence-electron chi connectivity index (χ1n) is 9.36. The van der Waals surface area contributed by atoms with Gasteiger partial charge in [-0.3, -0.25) is 23.9 Å². The van der Waals surface area contributed by atoms with E-state index in [9.17, 15) is 14.4 Å². The number of hydrogen-bond donors (Lipinski definition) is 2. The summed E-state index contributed by atoms with van der Waals surface area (Å²) < 4.78 is 6.71. The first kappa shape index (κ1) is 20.2. The highest BCUT2D eigenvalue weighted by atomic mass is 35.5. The molecule has 2 aliphatic heterocycles. The average Bonchev–Trinajstić information content (AvgIpc) is 2.70. The second kappa shape index (κ2) is 7.98. The van der Waals surface area contributed by atoms with E-state index < -0.39 is 17.3 Å². The number of nitrogens with zero attached hydrogens (tertiary/aromatic N) is 3. The molecule has 0 radical (unpaired) electrons. The van der Waals surface area contributed by atoms with Gasteiger partial charge < -0.3 is 19.9 Å². The molecule has 1 aromatic heterocycles. The number of carbonyl (C=O) groups is 1. The van der Waals surface area contributed by atoms with E-state index in [1.54, 1.807) is 4.90 Å². The topological polar surface area (TPSA) is 99.7 Å². The Balaban J connectivity index is 1.77. The van der Waals surface area contributed by atoms with Crippen molar-refractivity contribution in [1.82, 2.24) is 19.4 Å². The maximum atomic E-state index is 12.8. The van der Waals surface area contributed by atoms with Crippen molar-refractivity contribution < 1.29 is 9.53 Å². The summed E-state index contributed by atoms with van der Waals surface area (Å²) >= 11 is 12.5. The fourth-order valence-corrected chi connectivity index (χ4v) is 4.33. The third kappa shape index (κ3) is 3.63. The molecule has 1 unspecified atom stereocenters. The van der Waals surface area contributed by atoms with Gasteiger partial charge in [-0.05, 0) is 6.07 Å². The lowest BCUT2D eigenvalue weighted by Gasteiger charge is -2.38. The van der Waals surface area contributed by atoms with Crippen LogP contribution < -0.4 is 16.4 Å². The van der Waals surface area contributed by atoms with Gasteiger partial charge in [0, 0.05) is 33.1 Å². The molecule has 156 valence electrons. The summed E-state index contributed by atoms with van der Waals surface area (Å²) in [4.78, 5) is 43.9. The number of carbonyl (C=O) groups excluding carboxylic acids is 1. The van der Waals surface area contributed by atoms with Gasteiger partial charge >= 0.3 is 11.1 Å². The zero-order chi connectivity index (χ0) is 20.7. The van der Waals surface area contributed by atoms with Crippen molar-refractivity contribution in [3.8, 4) is 0 Å². The Morgan fingerprint density at radius 3 is 2.72 bits per heavy atom. The van der Waals surface area contributed by atoms with E-state index in [2.05, 4.69) is 15.2 Å². The Kier molecular flexibility index (Phi) is 5.56. The molecular formula is C18H21Cl2N5O4. The summed E-state index contributed by atoms with van der Waals surface area (Å²) in [6, 6.07) is 1.51. The summed E-state index contributed by atoms with van der Waals surface area (Å²) in [5.41, 5.74) is -0.229. The number of halogens is 2. The molecule has 2 aromatic rings. The minimum absolute atomic E-state index is 0.186. The average molecular weight is 442 g/mol. The molecule has 1 saturated heterocycles. The van der Waals surface area contributed by atoms with Crippen LogP contribution in [0.25, 0.3) is 11.0 Å². The van der Waals surface area contributed by atoms with E-state index in [1.807, 2.05) is 0 Å². The number of nitrogens with one attached hydrogen (secondary N) is 2. The maximum absolute atomic E-state index is 12.8. The van der Waals surface area contributed by atoms with E-state index in [-0.39, 0.29) is 22.5 Å². The second-order valence-corrected chi connectivity index (χ2v) is 7.89. The van der Waals surface area contributed by atoms with Crippen molar-refractivity contribution in [2.24, 2.45) is 0 Å². The Morgan fingerprint density at radius 2 is 2.03 bits per heavy atom. The number of aromatic amines is 1. The molecule has 0 saturated carbocycles. The molecule has 3 heterocycles. The molecule has 2 N–H and O–H groups in total. The highest BCUT2D eigenvalue weighted by Gasteiger charge is 2.32. The van der Waals surface area contributed by atoms with Crippen LogP contribution >= 0.6 is 23.2 Å². The Morgan fingerprint density at radius 1 is 1.31 bits per heavy atom.